The van der Waals surface area contributed by atoms with Crippen LogP contribution in [0.3, 0.4) is 0 Å². The molecule has 1 N–H and O–H groups in total. The molecule has 0 fully saturated rings. The summed E-state index contributed by atoms with van der Waals surface area (Å²) < 4.78 is 27.1. The minimum absolute atomic E-state index is 0.0611. The molecule has 1 amide bonds. The molecule has 1 heterocycles. The molecule has 152 valence electrons. The summed E-state index contributed by atoms with van der Waals surface area (Å²) in [5.74, 6) is -0.0534. The third-order valence-corrected chi connectivity index (χ3v) is 6.03. The van der Waals surface area contributed by atoms with Crippen LogP contribution in [0.2, 0.25) is 5.02 Å². The summed E-state index contributed by atoms with van der Waals surface area (Å²) in [6.07, 6.45) is 0. The lowest BCUT2D eigenvalue weighted by atomic mass is 10.2. The quantitative estimate of drug-likeness (QED) is 0.601. The second-order valence-electron chi connectivity index (χ2n) is 6.14. The fourth-order valence-corrected chi connectivity index (χ4v) is 3.83. The predicted molar refractivity (Wildman–Crippen MR) is 110 cm³/mol. The standard InChI is InChI=1S/C19H19ClN4O4S/c1-13-10-18(24(22-13)16-8-5-7-15(20)12-16)21-19(25)14-6-4-9-17(11-14)29(26,27)23(2)28-3/h4-12H,1-3H3,(H,21,25). The van der Waals surface area contributed by atoms with E-state index in [4.69, 9.17) is 16.4 Å². The number of carbonyl (C=O) groups is 1. The summed E-state index contributed by atoms with van der Waals surface area (Å²) in [5.41, 5.74) is 1.55. The monoisotopic (exact) mass is 434 g/mol. The molecular weight excluding hydrogens is 416 g/mol. The number of nitrogens with zero attached hydrogens (tertiary/aromatic N) is 3. The van der Waals surface area contributed by atoms with E-state index in [0.29, 0.717) is 22.2 Å². The van der Waals surface area contributed by atoms with E-state index < -0.39 is 15.9 Å². The molecule has 0 bridgehead atoms. The van der Waals surface area contributed by atoms with E-state index in [9.17, 15) is 13.2 Å². The van der Waals surface area contributed by atoms with Crippen LogP contribution in [-0.4, -0.2) is 42.7 Å². The summed E-state index contributed by atoms with van der Waals surface area (Å²) in [4.78, 5) is 17.5. The van der Waals surface area contributed by atoms with Gasteiger partial charge in [-0.25, -0.2) is 13.1 Å². The maximum atomic E-state index is 12.8. The van der Waals surface area contributed by atoms with Crippen LogP contribution in [0.4, 0.5) is 5.82 Å². The number of aryl methyl sites for hydroxylation is 1. The number of amides is 1. The van der Waals surface area contributed by atoms with Crippen LogP contribution in [0.1, 0.15) is 16.1 Å². The van der Waals surface area contributed by atoms with Gasteiger partial charge in [-0.05, 0) is 43.3 Å². The van der Waals surface area contributed by atoms with E-state index in [1.807, 2.05) is 6.07 Å². The highest BCUT2D eigenvalue weighted by atomic mass is 35.5. The number of benzene rings is 2. The summed E-state index contributed by atoms with van der Waals surface area (Å²) in [7, 11) is -1.36. The maximum absolute atomic E-state index is 12.8. The first-order valence-corrected chi connectivity index (χ1v) is 10.3. The molecule has 0 spiro atoms. The van der Waals surface area contributed by atoms with Gasteiger partial charge in [0, 0.05) is 23.7 Å². The molecule has 3 aromatic rings. The fraction of sp³-hybridized carbons (Fsp3) is 0.158. The Hall–Kier alpha value is -2.72. The van der Waals surface area contributed by atoms with Crippen molar-refractivity contribution in [2.45, 2.75) is 11.8 Å². The van der Waals surface area contributed by atoms with Gasteiger partial charge < -0.3 is 5.32 Å². The van der Waals surface area contributed by atoms with Gasteiger partial charge in [-0.3, -0.25) is 9.63 Å². The van der Waals surface area contributed by atoms with Gasteiger partial charge in [0.1, 0.15) is 5.82 Å². The van der Waals surface area contributed by atoms with E-state index >= 15 is 0 Å². The molecule has 0 radical (unpaired) electrons. The Morgan fingerprint density at radius 2 is 1.90 bits per heavy atom. The van der Waals surface area contributed by atoms with E-state index in [2.05, 4.69) is 10.4 Å². The molecule has 0 aliphatic carbocycles. The first kappa shape index (κ1) is 21.0. The number of aromatic nitrogens is 2. The maximum Gasteiger partial charge on any atom is 0.264 e. The van der Waals surface area contributed by atoms with Gasteiger partial charge in [0.15, 0.2) is 0 Å². The van der Waals surface area contributed by atoms with Crippen LogP contribution in [0.15, 0.2) is 59.5 Å². The average Bonchev–Trinajstić information content (AvgIpc) is 3.07. The zero-order valence-corrected chi connectivity index (χ0v) is 17.5. The number of sulfonamides is 1. The number of rotatable bonds is 6. The van der Waals surface area contributed by atoms with Crippen molar-refractivity contribution in [3.05, 3.63) is 70.9 Å². The zero-order chi connectivity index (χ0) is 21.2. The molecule has 0 unspecified atom stereocenters. The third kappa shape index (κ3) is 4.48. The highest BCUT2D eigenvalue weighted by Crippen LogP contribution is 2.22. The second-order valence-corrected chi connectivity index (χ2v) is 8.51. The molecule has 0 saturated heterocycles. The Morgan fingerprint density at radius 1 is 1.17 bits per heavy atom. The second kappa shape index (κ2) is 8.34. The van der Waals surface area contributed by atoms with Crippen molar-refractivity contribution in [1.82, 2.24) is 14.2 Å². The molecular formula is C19H19ClN4O4S. The third-order valence-electron chi connectivity index (χ3n) is 4.12. The number of carbonyl (C=O) groups excluding carboxylic acids is 1. The summed E-state index contributed by atoms with van der Waals surface area (Å²) in [6.45, 7) is 1.80. The Balaban J connectivity index is 1.92. The van der Waals surface area contributed by atoms with Gasteiger partial charge in [0.05, 0.1) is 23.4 Å². The largest absolute Gasteiger partial charge is 0.306 e. The van der Waals surface area contributed by atoms with Crippen molar-refractivity contribution in [1.29, 1.82) is 0 Å². The van der Waals surface area contributed by atoms with Crippen LogP contribution in [0.5, 0.6) is 0 Å². The number of hydroxylamine groups is 1. The Bertz CT molecular complexity index is 1160. The van der Waals surface area contributed by atoms with Crippen LogP contribution < -0.4 is 5.32 Å². The van der Waals surface area contributed by atoms with Crippen molar-refractivity contribution < 1.29 is 18.0 Å². The molecule has 2 aromatic carbocycles. The first-order valence-electron chi connectivity index (χ1n) is 8.49. The van der Waals surface area contributed by atoms with E-state index in [1.54, 1.807) is 35.9 Å². The number of nitrogens with one attached hydrogen (secondary N) is 1. The topological polar surface area (TPSA) is 93.5 Å². The van der Waals surface area contributed by atoms with Crippen molar-refractivity contribution in [2.75, 3.05) is 19.5 Å². The van der Waals surface area contributed by atoms with Crippen molar-refractivity contribution in [3.63, 3.8) is 0 Å². The lowest BCUT2D eigenvalue weighted by Crippen LogP contribution is -2.26. The number of anilines is 1. The van der Waals surface area contributed by atoms with E-state index in [0.717, 1.165) is 4.47 Å². The van der Waals surface area contributed by atoms with Crippen LogP contribution in [0.25, 0.3) is 5.69 Å². The lowest BCUT2D eigenvalue weighted by molar-refractivity contribution is -0.0258. The molecule has 0 saturated carbocycles. The van der Waals surface area contributed by atoms with E-state index in [1.165, 1.54) is 38.4 Å². The van der Waals surface area contributed by atoms with Gasteiger partial charge in [-0.15, -0.1) is 0 Å². The van der Waals surface area contributed by atoms with Crippen LogP contribution >= 0.6 is 11.6 Å². The summed E-state index contributed by atoms with van der Waals surface area (Å²) in [6, 6.07) is 14.4. The minimum Gasteiger partial charge on any atom is -0.306 e. The van der Waals surface area contributed by atoms with Gasteiger partial charge in [-0.2, -0.15) is 5.10 Å². The van der Waals surface area contributed by atoms with E-state index in [-0.39, 0.29) is 10.5 Å². The minimum atomic E-state index is -3.87. The van der Waals surface area contributed by atoms with Gasteiger partial charge in [-0.1, -0.05) is 28.2 Å². The molecule has 29 heavy (non-hydrogen) atoms. The van der Waals surface area contributed by atoms with Crippen molar-refractivity contribution >= 4 is 33.3 Å². The molecule has 10 heteroatoms. The Kier molecular flexibility index (Phi) is 6.04. The molecule has 0 aliphatic heterocycles. The average molecular weight is 435 g/mol. The van der Waals surface area contributed by atoms with Gasteiger partial charge >= 0.3 is 0 Å². The summed E-state index contributed by atoms with van der Waals surface area (Å²) in [5, 5.41) is 7.69. The first-order chi connectivity index (χ1) is 13.7. The zero-order valence-electron chi connectivity index (χ0n) is 16.0. The van der Waals surface area contributed by atoms with Gasteiger partial charge in [0.25, 0.3) is 15.9 Å². The smallest absolute Gasteiger partial charge is 0.264 e. The number of hydrogen-bond donors (Lipinski definition) is 1. The normalized spacial score (nSPS) is 11.6. The lowest BCUT2D eigenvalue weighted by Gasteiger charge is -2.14. The molecule has 1 aromatic heterocycles. The van der Waals surface area contributed by atoms with Crippen LogP contribution in [-0.2, 0) is 14.9 Å². The Morgan fingerprint density at radius 3 is 2.59 bits per heavy atom. The molecule has 3 rings (SSSR count). The van der Waals surface area contributed by atoms with Gasteiger partial charge in [0.2, 0.25) is 0 Å². The van der Waals surface area contributed by atoms with Crippen molar-refractivity contribution in [3.8, 4) is 5.69 Å². The van der Waals surface area contributed by atoms with Crippen molar-refractivity contribution in [2.24, 2.45) is 0 Å². The summed E-state index contributed by atoms with van der Waals surface area (Å²) >= 11 is 6.05. The Labute approximate surface area is 173 Å². The SMILES string of the molecule is CON(C)S(=O)(=O)c1cccc(C(=O)Nc2cc(C)nn2-c2cccc(Cl)c2)c1. The number of halogens is 1. The fourth-order valence-electron chi connectivity index (χ4n) is 2.63. The van der Waals surface area contributed by atoms with Crippen LogP contribution in [0, 0.1) is 6.92 Å². The molecule has 0 atom stereocenters. The highest BCUT2D eigenvalue weighted by molar-refractivity contribution is 7.89. The molecule has 8 nitrogen and oxygen atoms in total. The predicted octanol–water partition coefficient (Wildman–Crippen LogP) is 3.27. The molecule has 0 aliphatic rings. The highest BCUT2D eigenvalue weighted by Gasteiger charge is 2.22. The number of hydrogen-bond acceptors (Lipinski definition) is 5.